The molecular formula is C20H25ClFN3O3. The van der Waals surface area contributed by atoms with E-state index < -0.39 is 6.17 Å². The molecule has 2 aromatic rings. The lowest BCUT2D eigenvalue weighted by molar-refractivity contribution is -0.143. The maximum Gasteiger partial charge on any atom is 0.305 e. The number of hydrogen-bond donors (Lipinski definition) is 1. The molecule has 1 aromatic heterocycles. The van der Waals surface area contributed by atoms with E-state index in [2.05, 4.69) is 15.3 Å². The van der Waals surface area contributed by atoms with Crippen molar-refractivity contribution in [1.82, 2.24) is 9.97 Å². The van der Waals surface area contributed by atoms with Crippen LogP contribution >= 0.6 is 11.6 Å². The molecule has 0 saturated carbocycles. The second-order valence-electron chi connectivity index (χ2n) is 6.12. The second kappa shape index (κ2) is 11.4. The first-order chi connectivity index (χ1) is 13.5. The van der Waals surface area contributed by atoms with Gasteiger partial charge in [0.2, 0.25) is 0 Å². The van der Waals surface area contributed by atoms with Crippen LogP contribution in [0.25, 0.3) is 0 Å². The predicted octanol–water partition coefficient (Wildman–Crippen LogP) is 4.54. The topological polar surface area (TPSA) is 73.3 Å². The fraction of sp³-hybridized carbons (Fsp3) is 0.450. The molecule has 0 bridgehead atoms. The molecule has 8 heteroatoms. The van der Waals surface area contributed by atoms with Gasteiger partial charge in [-0.25, -0.2) is 14.4 Å². The number of alkyl halides is 1. The zero-order valence-electron chi connectivity index (χ0n) is 16.1. The number of ether oxygens (including phenoxy) is 2. The highest BCUT2D eigenvalue weighted by molar-refractivity contribution is 6.33. The highest BCUT2D eigenvalue weighted by atomic mass is 35.5. The molecule has 0 radical (unpaired) electrons. The molecule has 1 aromatic carbocycles. The Bertz CT molecular complexity index is 757. The SMILES string of the molecule is CCOC(=O)CCCOc1ccc(CCNc2ncnc(C(C)F)c2Cl)cc1. The van der Waals surface area contributed by atoms with Crippen LogP contribution in [0.5, 0.6) is 5.75 Å². The van der Waals surface area contributed by atoms with E-state index in [4.69, 9.17) is 21.1 Å². The highest BCUT2D eigenvalue weighted by Crippen LogP contribution is 2.28. The van der Waals surface area contributed by atoms with E-state index in [1.807, 2.05) is 24.3 Å². The average molecular weight is 410 g/mol. The van der Waals surface area contributed by atoms with Gasteiger partial charge in [-0.2, -0.15) is 0 Å². The van der Waals surface area contributed by atoms with Crippen LogP contribution in [0.4, 0.5) is 10.2 Å². The van der Waals surface area contributed by atoms with Crippen molar-refractivity contribution in [3.8, 4) is 5.75 Å². The van der Waals surface area contributed by atoms with Crippen molar-refractivity contribution in [3.63, 3.8) is 0 Å². The number of anilines is 1. The molecule has 0 spiro atoms. The number of aromatic nitrogens is 2. The summed E-state index contributed by atoms with van der Waals surface area (Å²) in [5.74, 6) is 0.976. The van der Waals surface area contributed by atoms with E-state index in [0.29, 0.717) is 38.4 Å². The molecule has 0 aliphatic rings. The number of esters is 1. The van der Waals surface area contributed by atoms with Gasteiger partial charge in [0.25, 0.3) is 0 Å². The van der Waals surface area contributed by atoms with Crippen LogP contribution in [0.1, 0.15) is 44.1 Å². The molecule has 28 heavy (non-hydrogen) atoms. The lowest BCUT2D eigenvalue weighted by atomic mass is 10.1. The molecule has 1 N–H and O–H groups in total. The normalized spacial score (nSPS) is 11.7. The molecule has 0 aliphatic carbocycles. The average Bonchev–Trinajstić information content (AvgIpc) is 2.67. The molecule has 0 amide bonds. The van der Waals surface area contributed by atoms with Gasteiger partial charge in [-0.1, -0.05) is 23.7 Å². The summed E-state index contributed by atoms with van der Waals surface area (Å²) in [6.07, 6.45) is 1.76. The molecule has 152 valence electrons. The van der Waals surface area contributed by atoms with E-state index in [-0.39, 0.29) is 16.7 Å². The summed E-state index contributed by atoms with van der Waals surface area (Å²) in [6.45, 7) is 4.63. The van der Waals surface area contributed by atoms with E-state index in [0.717, 1.165) is 17.7 Å². The minimum atomic E-state index is -1.25. The number of nitrogens with one attached hydrogen (secondary N) is 1. The van der Waals surface area contributed by atoms with Gasteiger partial charge in [-0.15, -0.1) is 0 Å². The largest absolute Gasteiger partial charge is 0.494 e. The summed E-state index contributed by atoms with van der Waals surface area (Å²) in [4.78, 5) is 19.2. The number of carbonyl (C=O) groups is 1. The van der Waals surface area contributed by atoms with Gasteiger partial charge in [-0.3, -0.25) is 4.79 Å². The fourth-order valence-electron chi connectivity index (χ4n) is 2.50. The Kier molecular flexibility index (Phi) is 8.94. The van der Waals surface area contributed by atoms with Gasteiger partial charge in [0.15, 0.2) is 0 Å². The summed E-state index contributed by atoms with van der Waals surface area (Å²) in [5, 5.41) is 3.32. The third-order valence-electron chi connectivity index (χ3n) is 3.92. The molecule has 1 unspecified atom stereocenters. The maximum atomic E-state index is 13.4. The van der Waals surface area contributed by atoms with Crippen molar-refractivity contribution in [2.24, 2.45) is 0 Å². The van der Waals surface area contributed by atoms with E-state index in [9.17, 15) is 9.18 Å². The van der Waals surface area contributed by atoms with Crippen molar-refractivity contribution in [2.45, 2.75) is 39.3 Å². The number of hydrogen-bond acceptors (Lipinski definition) is 6. The first-order valence-corrected chi connectivity index (χ1v) is 9.64. The van der Waals surface area contributed by atoms with Crippen LogP contribution in [-0.2, 0) is 16.0 Å². The lowest BCUT2D eigenvalue weighted by Crippen LogP contribution is -2.09. The van der Waals surface area contributed by atoms with Crippen LogP contribution in [0, 0.1) is 0 Å². The van der Waals surface area contributed by atoms with Gasteiger partial charge >= 0.3 is 5.97 Å². The summed E-state index contributed by atoms with van der Waals surface area (Å²) >= 11 is 6.13. The van der Waals surface area contributed by atoms with E-state index in [1.165, 1.54) is 13.3 Å². The van der Waals surface area contributed by atoms with Crippen molar-refractivity contribution in [2.75, 3.05) is 25.1 Å². The zero-order chi connectivity index (χ0) is 20.4. The smallest absolute Gasteiger partial charge is 0.305 e. The third-order valence-corrected chi connectivity index (χ3v) is 4.29. The van der Waals surface area contributed by atoms with Crippen molar-refractivity contribution in [1.29, 1.82) is 0 Å². The second-order valence-corrected chi connectivity index (χ2v) is 6.49. The molecule has 0 saturated heterocycles. The zero-order valence-corrected chi connectivity index (χ0v) is 16.8. The van der Waals surface area contributed by atoms with Gasteiger partial charge in [0.1, 0.15) is 29.1 Å². The van der Waals surface area contributed by atoms with Crippen molar-refractivity contribution in [3.05, 3.63) is 46.9 Å². The standard InChI is InChI=1S/C20H25ClFN3O3/c1-3-27-17(26)5-4-12-28-16-8-6-15(7-9-16)10-11-23-20-18(21)19(14(2)22)24-13-25-20/h6-9,13-14H,3-5,10-12H2,1-2H3,(H,23,24,25). The molecular weight excluding hydrogens is 385 g/mol. The van der Waals surface area contributed by atoms with E-state index >= 15 is 0 Å². The fourth-order valence-corrected chi connectivity index (χ4v) is 2.82. The molecule has 1 atom stereocenters. The van der Waals surface area contributed by atoms with Crippen molar-refractivity contribution >= 4 is 23.4 Å². The third kappa shape index (κ3) is 6.96. The highest BCUT2D eigenvalue weighted by Gasteiger charge is 2.14. The maximum absolute atomic E-state index is 13.4. The Morgan fingerprint density at radius 2 is 2.04 bits per heavy atom. The minimum Gasteiger partial charge on any atom is -0.494 e. The van der Waals surface area contributed by atoms with Crippen molar-refractivity contribution < 1.29 is 18.7 Å². The van der Waals surface area contributed by atoms with Crippen LogP contribution in [0.3, 0.4) is 0 Å². The molecule has 0 aliphatic heterocycles. The number of carbonyl (C=O) groups excluding carboxylic acids is 1. The van der Waals surface area contributed by atoms with Gasteiger partial charge in [0, 0.05) is 13.0 Å². The number of halogens is 2. The number of benzene rings is 1. The Morgan fingerprint density at radius 3 is 2.71 bits per heavy atom. The van der Waals surface area contributed by atoms with Gasteiger partial charge in [-0.05, 0) is 44.4 Å². The van der Waals surface area contributed by atoms with Crippen LogP contribution in [0.15, 0.2) is 30.6 Å². The Balaban J connectivity index is 1.74. The van der Waals surface area contributed by atoms with E-state index in [1.54, 1.807) is 6.92 Å². The molecule has 0 fully saturated rings. The number of rotatable bonds is 11. The van der Waals surface area contributed by atoms with Gasteiger partial charge in [0.05, 0.1) is 18.9 Å². The summed E-state index contributed by atoms with van der Waals surface area (Å²) in [5.41, 5.74) is 1.29. The van der Waals surface area contributed by atoms with Crippen LogP contribution < -0.4 is 10.1 Å². The first kappa shape index (κ1) is 21.9. The number of nitrogens with zero attached hydrogens (tertiary/aromatic N) is 2. The Morgan fingerprint density at radius 1 is 1.29 bits per heavy atom. The Labute approximate surface area is 169 Å². The van der Waals surface area contributed by atoms with Crippen LogP contribution in [0.2, 0.25) is 5.02 Å². The lowest BCUT2D eigenvalue weighted by Gasteiger charge is -2.11. The van der Waals surface area contributed by atoms with Gasteiger partial charge < -0.3 is 14.8 Å². The monoisotopic (exact) mass is 409 g/mol. The Hall–Kier alpha value is -2.41. The predicted molar refractivity (Wildman–Crippen MR) is 107 cm³/mol. The van der Waals surface area contributed by atoms with Crippen LogP contribution in [-0.4, -0.2) is 35.7 Å². The summed E-state index contributed by atoms with van der Waals surface area (Å²) < 4.78 is 23.9. The molecule has 2 rings (SSSR count). The summed E-state index contributed by atoms with van der Waals surface area (Å²) in [7, 11) is 0. The summed E-state index contributed by atoms with van der Waals surface area (Å²) in [6, 6.07) is 7.72. The molecule has 6 nitrogen and oxygen atoms in total. The minimum absolute atomic E-state index is 0.184. The quantitative estimate of drug-likeness (QED) is 0.434. The first-order valence-electron chi connectivity index (χ1n) is 9.27. The molecule has 1 heterocycles.